The van der Waals surface area contributed by atoms with Gasteiger partial charge in [-0.05, 0) is 42.3 Å². The van der Waals surface area contributed by atoms with E-state index in [1.54, 1.807) is 24.3 Å². The highest BCUT2D eigenvalue weighted by atomic mass is 35.5. The number of alkyl halides is 3. The fourth-order valence-electron chi connectivity index (χ4n) is 2.66. The van der Waals surface area contributed by atoms with Crippen LogP contribution in [-0.2, 0) is 23.8 Å². The van der Waals surface area contributed by atoms with Gasteiger partial charge in [0, 0.05) is 0 Å². The Bertz CT molecular complexity index is 1090. The van der Waals surface area contributed by atoms with E-state index < -0.39 is 11.7 Å². The lowest BCUT2D eigenvalue weighted by atomic mass is 10.1. The predicted octanol–water partition coefficient (Wildman–Crippen LogP) is 6.34. The van der Waals surface area contributed by atoms with Gasteiger partial charge in [0.05, 0.1) is 22.7 Å². The molecule has 0 saturated heterocycles. The van der Waals surface area contributed by atoms with Crippen LogP contribution >= 0.6 is 23.2 Å². The van der Waals surface area contributed by atoms with Gasteiger partial charge in [-0.2, -0.15) is 13.2 Å². The third-order valence-electron chi connectivity index (χ3n) is 4.23. The van der Waals surface area contributed by atoms with Crippen molar-refractivity contribution in [3.05, 3.63) is 75.7 Å². The molecular weight excluding hydrogens is 454 g/mol. The normalized spacial score (nSPS) is 11.3. The van der Waals surface area contributed by atoms with E-state index in [-0.39, 0.29) is 28.9 Å². The minimum atomic E-state index is -4.49. The van der Waals surface area contributed by atoms with Crippen LogP contribution in [-0.4, -0.2) is 15.9 Å². The number of amides is 1. The Kier molecular flexibility index (Phi) is 7.02. The maximum atomic E-state index is 12.7. The third kappa shape index (κ3) is 5.86. The Labute approximate surface area is 186 Å². The molecule has 1 amide bonds. The van der Waals surface area contributed by atoms with Crippen LogP contribution in [0.15, 0.2) is 48.8 Å². The van der Waals surface area contributed by atoms with E-state index in [9.17, 15) is 18.0 Å². The number of ether oxygens (including phenoxy) is 1. The van der Waals surface area contributed by atoms with E-state index in [1.807, 2.05) is 6.92 Å². The van der Waals surface area contributed by atoms with Crippen LogP contribution in [0.4, 0.5) is 19.0 Å². The Morgan fingerprint density at radius 3 is 2.42 bits per heavy atom. The molecule has 0 saturated carbocycles. The first-order valence-corrected chi connectivity index (χ1v) is 9.85. The topological polar surface area (TPSA) is 64.1 Å². The molecule has 0 atom stereocenters. The molecular formula is C21H16Cl2F3N3O2. The summed E-state index contributed by atoms with van der Waals surface area (Å²) in [7, 11) is 0. The van der Waals surface area contributed by atoms with Crippen LogP contribution in [0.3, 0.4) is 0 Å². The van der Waals surface area contributed by atoms with Gasteiger partial charge in [-0.25, -0.2) is 9.97 Å². The summed E-state index contributed by atoms with van der Waals surface area (Å²) in [6, 6.07) is 9.34. The first-order valence-electron chi connectivity index (χ1n) is 9.10. The van der Waals surface area contributed by atoms with Gasteiger partial charge in [0.25, 0.3) is 0 Å². The maximum absolute atomic E-state index is 12.7. The van der Waals surface area contributed by atoms with Crippen LogP contribution < -0.4 is 10.1 Å². The maximum Gasteiger partial charge on any atom is 0.416 e. The van der Waals surface area contributed by atoms with Gasteiger partial charge >= 0.3 is 6.18 Å². The van der Waals surface area contributed by atoms with Crippen molar-refractivity contribution in [2.75, 3.05) is 5.32 Å². The second-order valence-corrected chi connectivity index (χ2v) is 7.24. The van der Waals surface area contributed by atoms with Crippen molar-refractivity contribution < 1.29 is 22.7 Å². The van der Waals surface area contributed by atoms with Crippen molar-refractivity contribution in [3.63, 3.8) is 0 Å². The molecule has 0 radical (unpaired) electrons. The van der Waals surface area contributed by atoms with Crippen LogP contribution in [0, 0.1) is 0 Å². The quantitative estimate of drug-likeness (QED) is 0.457. The molecule has 1 N–H and O–H groups in total. The summed E-state index contributed by atoms with van der Waals surface area (Å²) < 4.78 is 43.7. The Morgan fingerprint density at radius 1 is 1.10 bits per heavy atom. The molecule has 5 nitrogen and oxygen atoms in total. The summed E-state index contributed by atoms with van der Waals surface area (Å²) in [5.74, 6) is 0.375. The number of nitrogens with one attached hydrogen (secondary N) is 1. The van der Waals surface area contributed by atoms with Crippen molar-refractivity contribution in [1.82, 2.24) is 9.97 Å². The van der Waals surface area contributed by atoms with Crippen molar-refractivity contribution in [2.24, 2.45) is 0 Å². The summed E-state index contributed by atoms with van der Waals surface area (Å²) in [6.45, 7) is 1.89. The van der Waals surface area contributed by atoms with E-state index in [4.69, 9.17) is 27.9 Å². The first-order chi connectivity index (χ1) is 14.7. The molecule has 31 heavy (non-hydrogen) atoms. The number of hydrogen-bond acceptors (Lipinski definition) is 4. The zero-order chi connectivity index (χ0) is 22.6. The smallest absolute Gasteiger partial charge is 0.416 e. The third-order valence-corrected chi connectivity index (χ3v) is 4.92. The molecule has 0 aliphatic rings. The summed E-state index contributed by atoms with van der Waals surface area (Å²) in [6.07, 6.45) is -2.49. The van der Waals surface area contributed by atoms with Gasteiger partial charge in [-0.15, -0.1) is 0 Å². The minimum Gasteiger partial charge on any atom is -0.456 e. The van der Waals surface area contributed by atoms with E-state index in [1.165, 1.54) is 6.33 Å². The largest absolute Gasteiger partial charge is 0.456 e. The predicted molar refractivity (Wildman–Crippen MR) is 112 cm³/mol. The number of aromatic nitrogens is 2. The molecule has 2 aromatic carbocycles. The minimum absolute atomic E-state index is 0.0586. The first kappa shape index (κ1) is 22.8. The van der Waals surface area contributed by atoms with E-state index in [2.05, 4.69) is 15.3 Å². The lowest BCUT2D eigenvalue weighted by molar-refractivity contribution is -0.137. The molecule has 0 fully saturated rings. The number of carbonyl (C=O) groups excluding carboxylic acids is 1. The van der Waals surface area contributed by atoms with E-state index >= 15 is 0 Å². The van der Waals surface area contributed by atoms with Crippen molar-refractivity contribution in [1.29, 1.82) is 0 Å². The highest BCUT2D eigenvalue weighted by Crippen LogP contribution is 2.36. The molecule has 0 spiro atoms. The number of benzene rings is 2. The standard InChI is InChI=1S/C21H16Cl2F3N3O2/c1-2-16-19(23)20(28-11-27-16)29-18(30)9-12-3-6-14(7-4-12)31-17-8-5-13(10-15(17)22)21(24,25)26/h3-8,10-11H,2,9H2,1H3,(H,27,28,29,30). The Balaban J connectivity index is 1.64. The van der Waals surface area contributed by atoms with Gasteiger partial charge in [0.2, 0.25) is 5.91 Å². The molecule has 1 aromatic heterocycles. The number of nitrogens with zero attached hydrogens (tertiary/aromatic N) is 2. The number of aryl methyl sites for hydroxylation is 1. The van der Waals surface area contributed by atoms with Crippen molar-refractivity contribution in [3.8, 4) is 11.5 Å². The van der Waals surface area contributed by atoms with E-state index in [0.29, 0.717) is 28.5 Å². The van der Waals surface area contributed by atoms with Crippen LogP contribution in [0.2, 0.25) is 10.0 Å². The second kappa shape index (κ2) is 9.53. The zero-order valence-electron chi connectivity index (χ0n) is 16.1. The van der Waals surface area contributed by atoms with Gasteiger partial charge in [0.15, 0.2) is 5.82 Å². The number of anilines is 1. The average Bonchev–Trinajstić information content (AvgIpc) is 2.71. The molecule has 1 heterocycles. The summed E-state index contributed by atoms with van der Waals surface area (Å²) in [5, 5.41) is 2.79. The van der Waals surface area contributed by atoms with Crippen LogP contribution in [0.5, 0.6) is 11.5 Å². The Hall–Kier alpha value is -2.84. The van der Waals surface area contributed by atoms with Gasteiger partial charge < -0.3 is 10.1 Å². The molecule has 0 bridgehead atoms. The number of rotatable bonds is 6. The molecule has 3 aromatic rings. The lowest BCUT2D eigenvalue weighted by Gasteiger charge is -2.11. The molecule has 0 aliphatic heterocycles. The highest BCUT2D eigenvalue weighted by molar-refractivity contribution is 6.34. The number of carbonyl (C=O) groups is 1. The molecule has 10 heteroatoms. The van der Waals surface area contributed by atoms with Crippen LogP contribution in [0.1, 0.15) is 23.7 Å². The van der Waals surface area contributed by atoms with Gasteiger partial charge in [-0.1, -0.05) is 42.3 Å². The monoisotopic (exact) mass is 469 g/mol. The Morgan fingerprint density at radius 2 is 1.81 bits per heavy atom. The number of hydrogen-bond donors (Lipinski definition) is 1. The van der Waals surface area contributed by atoms with Crippen molar-refractivity contribution >= 4 is 34.9 Å². The fraction of sp³-hybridized carbons (Fsp3) is 0.190. The van der Waals surface area contributed by atoms with Gasteiger partial charge in [-0.3, -0.25) is 4.79 Å². The number of halogens is 5. The average molecular weight is 470 g/mol. The summed E-state index contributed by atoms with van der Waals surface area (Å²) in [4.78, 5) is 20.3. The summed E-state index contributed by atoms with van der Waals surface area (Å²) >= 11 is 12.1. The SMILES string of the molecule is CCc1ncnc(NC(=O)Cc2ccc(Oc3ccc(C(F)(F)F)cc3Cl)cc2)c1Cl. The van der Waals surface area contributed by atoms with Crippen LogP contribution in [0.25, 0.3) is 0 Å². The van der Waals surface area contributed by atoms with Crippen molar-refractivity contribution in [2.45, 2.75) is 25.9 Å². The van der Waals surface area contributed by atoms with E-state index in [0.717, 1.165) is 18.2 Å². The zero-order valence-corrected chi connectivity index (χ0v) is 17.6. The second-order valence-electron chi connectivity index (χ2n) is 6.45. The highest BCUT2D eigenvalue weighted by Gasteiger charge is 2.31. The van der Waals surface area contributed by atoms with Gasteiger partial charge in [0.1, 0.15) is 22.8 Å². The molecule has 162 valence electrons. The molecule has 3 rings (SSSR count). The fourth-order valence-corrected chi connectivity index (χ4v) is 3.16. The lowest BCUT2D eigenvalue weighted by Crippen LogP contribution is -2.16. The molecule has 0 unspecified atom stereocenters. The summed E-state index contributed by atoms with van der Waals surface area (Å²) in [5.41, 5.74) is 0.459. The molecule has 0 aliphatic carbocycles.